The Morgan fingerprint density at radius 1 is 0.462 bits per heavy atom. The van der Waals surface area contributed by atoms with Crippen molar-refractivity contribution in [3.63, 3.8) is 0 Å². The quantitative estimate of drug-likeness (QED) is 0.515. The minimum Gasteiger partial charge on any atom is -0.377 e. The first-order chi connectivity index (χ1) is 12.8. The average molecular weight is 378 g/mol. The average Bonchev–Trinajstić information content (AvgIpc) is 2.63. The van der Waals surface area contributed by atoms with Crippen LogP contribution in [0, 0.1) is 0 Å². The topological polar surface area (TPSA) is 114 Å². The van der Waals surface area contributed by atoms with Crippen LogP contribution in [0.2, 0.25) is 0 Å². The third-order valence-corrected chi connectivity index (χ3v) is 3.09. The molecule has 0 radical (unpaired) electrons. The summed E-state index contributed by atoms with van der Waals surface area (Å²) in [5, 5.41) is 5.38. The highest BCUT2D eigenvalue weighted by Gasteiger charge is 2.02. The molecule has 10 heteroatoms. The van der Waals surface area contributed by atoms with E-state index in [4.69, 9.17) is 28.4 Å². The van der Waals surface area contributed by atoms with Gasteiger partial charge in [0.25, 0.3) is 0 Å². The molecule has 1 fully saturated rings. The molecular formula is C16H30N2O8. The van der Waals surface area contributed by atoms with Gasteiger partial charge < -0.3 is 39.1 Å². The molecule has 10 nitrogen and oxygen atoms in total. The van der Waals surface area contributed by atoms with E-state index in [1.54, 1.807) is 0 Å². The SMILES string of the molecule is O=C1COCCOCCOCC(=O)NCCOCCOCCOCCN1. The molecule has 2 N–H and O–H groups in total. The first-order valence-electron chi connectivity index (χ1n) is 8.79. The zero-order valence-corrected chi connectivity index (χ0v) is 15.2. The predicted octanol–water partition coefficient (Wildman–Crippen LogP) is -1.67. The zero-order valence-electron chi connectivity index (χ0n) is 15.2. The summed E-state index contributed by atoms with van der Waals surface area (Å²) < 4.78 is 31.6. The fourth-order valence-corrected chi connectivity index (χ4v) is 1.84. The lowest BCUT2D eigenvalue weighted by Crippen LogP contribution is -2.32. The third kappa shape index (κ3) is 15.0. The van der Waals surface area contributed by atoms with Crippen molar-refractivity contribution in [1.29, 1.82) is 0 Å². The molecule has 1 rings (SSSR count). The minimum absolute atomic E-state index is 0.0247. The number of hydrogen-bond donors (Lipinski definition) is 2. The van der Waals surface area contributed by atoms with E-state index >= 15 is 0 Å². The van der Waals surface area contributed by atoms with Crippen molar-refractivity contribution in [3.8, 4) is 0 Å². The Bertz CT molecular complexity index is 338. The van der Waals surface area contributed by atoms with Crippen molar-refractivity contribution in [2.24, 2.45) is 0 Å². The van der Waals surface area contributed by atoms with Gasteiger partial charge in [-0.25, -0.2) is 0 Å². The van der Waals surface area contributed by atoms with Crippen molar-refractivity contribution < 1.29 is 38.0 Å². The first-order valence-corrected chi connectivity index (χ1v) is 8.79. The lowest BCUT2D eigenvalue weighted by atomic mass is 10.5. The van der Waals surface area contributed by atoms with Gasteiger partial charge in [-0.3, -0.25) is 9.59 Å². The van der Waals surface area contributed by atoms with Gasteiger partial charge in [-0.05, 0) is 0 Å². The summed E-state index contributed by atoms with van der Waals surface area (Å²) in [6.45, 7) is 4.73. The maximum Gasteiger partial charge on any atom is 0.246 e. The molecule has 0 atom stereocenters. The van der Waals surface area contributed by atoms with Crippen LogP contribution in [-0.2, 0) is 38.0 Å². The van der Waals surface area contributed by atoms with Gasteiger partial charge >= 0.3 is 0 Å². The van der Waals surface area contributed by atoms with E-state index < -0.39 is 0 Å². The number of ether oxygens (including phenoxy) is 6. The molecule has 0 aromatic carbocycles. The molecule has 152 valence electrons. The minimum atomic E-state index is -0.203. The number of rotatable bonds is 0. The second-order valence-electron chi connectivity index (χ2n) is 5.25. The molecule has 1 heterocycles. The standard InChI is InChI=1S/C16H30N2O8/c19-15-13-25-11-9-24-10-12-26-14-16(20)18-2-4-22-6-8-23-7-5-21-3-1-17-15/h1-14H2,(H,17,19)(H,18,20). The summed E-state index contributed by atoms with van der Waals surface area (Å²) in [5.41, 5.74) is 0. The van der Waals surface area contributed by atoms with Crippen molar-refractivity contribution in [2.75, 3.05) is 92.4 Å². The van der Waals surface area contributed by atoms with Crippen molar-refractivity contribution in [3.05, 3.63) is 0 Å². The van der Waals surface area contributed by atoms with Crippen LogP contribution < -0.4 is 10.6 Å². The van der Waals surface area contributed by atoms with Crippen molar-refractivity contribution >= 4 is 11.8 Å². The number of amides is 2. The zero-order chi connectivity index (χ0) is 18.7. The Labute approximate surface area is 153 Å². The summed E-state index contributed by atoms with van der Waals surface area (Å²) in [7, 11) is 0. The molecular weight excluding hydrogens is 348 g/mol. The Balaban J connectivity index is 2.15. The number of carbonyl (C=O) groups excluding carboxylic acids is 2. The van der Waals surface area contributed by atoms with Crippen LogP contribution in [-0.4, -0.2) is 104 Å². The van der Waals surface area contributed by atoms with Crippen LogP contribution in [0.15, 0.2) is 0 Å². The van der Waals surface area contributed by atoms with Gasteiger partial charge in [-0.1, -0.05) is 0 Å². The molecule has 1 aliphatic heterocycles. The first kappa shape index (κ1) is 22.7. The molecule has 0 aliphatic carbocycles. The van der Waals surface area contributed by atoms with Crippen LogP contribution in [0.1, 0.15) is 0 Å². The summed E-state index contributed by atoms with van der Waals surface area (Å²) in [5.74, 6) is -0.406. The van der Waals surface area contributed by atoms with Crippen LogP contribution in [0.3, 0.4) is 0 Å². The molecule has 0 aromatic heterocycles. The molecule has 0 spiro atoms. The highest BCUT2D eigenvalue weighted by molar-refractivity contribution is 5.77. The van der Waals surface area contributed by atoms with Crippen LogP contribution in [0.4, 0.5) is 0 Å². The third-order valence-electron chi connectivity index (χ3n) is 3.09. The van der Waals surface area contributed by atoms with Crippen LogP contribution in [0.5, 0.6) is 0 Å². The van der Waals surface area contributed by atoms with Crippen molar-refractivity contribution in [2.45, 2.75) is 0 Å². The predicted molar refractivity (Wildman–Crippen MR) is 90.9 cm³/mol. The fourth-order valence-electron chi connectivity index (χ4n) is 1.84. The Hall–Kier alpha value is -1.30. The lowest BCUT2D eigenvalue weighted by molar-refractivity contribution is -0.126. The molecule has 0 aromatic rings. The van der Waals surface area contributed by atoms with Gasteiger partial charge in [0.15, 0.2) is 0 Å². The largest absolute Gasteiger partial charge is 0.377 e. The number of carbonyl (C=O) groups is 2. The molecule has 0 unspecified atom stereocenters. The lowest BCUT2D eigenvalue weighted by Gasteiger charge is -2.10. The van der Waals surface area contributed by atoms with Crippen molar-refractivity contribution in [1.82, 2.24) is 10.6 Å². The number of nitrogens with one attached hydrogen (secondary N) is 2. The molecule has 0 bridgehead atoms. The van der Waals surface area contributed by atoms with Gasteiger partial charge in [0.1, 0.15) is 13.2 Å². The highest BCUT2D eigenvalue weighted by Crippen LogP contribution is 1.84. The van der Waals surface area contributed by atoms with E-state index in [2.05, 4.69) is 10.6 Å². The van der Waals surface area contributed by atoms with E-state index in [0.29, 0.717) is 79.2 Å². The molecule has 2 amide bonds. The fraction of sp³-hybridized carbons (Fsp3) is 0.875. The van der Waals surface area contributed by atoms with E-state index in [0.717, 1.165) is 0 Å². The Morgan fingerprint density at radius 3 is 1.15 bits per heavy atom. The maximum absolute atomic E-state index is 11.5. The van der Waals surface area contributed by atoms with Crippen LogP contribution >= 0.6 is 0 Å². The monoisotopic (exact) mass is 378 g/mol. The molecule has 26 heavy (non-hydrogen) atoms. The summed E-state index contributed by atoms with van der Waals surface area (Å²) in [6, 6.07) is 0. The van der Waals surface area contributed by atoms with Gasteiger partial charge in [-0.2, -0.15) is 0 Å². The van der Waals surface area contributed by atoms with E-state index in [9.17, 15) is 9.59 Å². The maximum atomic E-state index is 11.5. The summed E-state index contributed by atoms with van der Waals surface area (Å²) in [4.78, 5) is 23.0. The van der Waals surface area contributed by atoms with E-state index in [1.807, 2.05) is 0 Å². The summed E-state index contributed by atoms with van der Waals surface area (Å²) >= 11 is 0. The number of hydrogen-bond acceptors (Lipinski definition) is 8. The Morgan fingerprint density at radius 2 is 0.769 bits per heavy atom. The van der Waals surface area contributed by atoms with Gasteiger partial charge in [-0.15, -0.1) is 0 Å². The van der Waals surface area contributed by atoms with Gasteiger partial charge in [0.2, 0.25) is 11.8 Å². The molecule has 1 aliphatic rings. The highest BCUT2D eigenvalue weighted by atomic mass is 16.6. The Kier molecular flexibility index (Phi) is 15.0. The second kappa shape index (κ2) is 17.1. The smallest absolute Gasteiger partial charge is 0.246 e. The molecule has 1 saturated heterocycles. The van der Waals surface area contributed by atoms with Gasteiger partial charge in [0, 0.05) is 13.1 Å². The van der Waals surface area contributed by atoms with E-state index in [1.165, 1.54) is 0 Å². The molecule has 0 saturated carbocycles. The van der Waals surface area contributed by atoms with E-state index in [-0.39, 0.29) is 25.0 Å². The summed E-state index contributed by atoms with van der Waals surface area (Å²) in [6.07, 6.45) is 0. The van der Waals surface area contributed by atoms with Crippen LogP contribution in [0.25, 0.3) is 0 Å². The van der Waals surface area contributed by atoms with Gasteiger partial charge in [0.05, 0.1) is 66.1 Å². The second-order valence-corrected chi connectivity index (χ2v) is 5.25. The normalized spacial score (nSPS) is 22.6.